The Morgan fingerprint density at radius 3 is 2.70 bits per heavy atom. The van der Waals surface area contributed by atoms with Crippen LogP contribution in [0.15, 0.2) is 30.5 Å². The molecule has 0 spiro atoms. The lowest BCUT2D eigenvalue weighted by atomic mass is 9.94. The Kier molecular flexibility index (Phi) is 5.94. The van der Waals surface area contributed by atoms with Crippen LogP contribution in [0.25, 0.3) is 0 Å². The second-order valence-corrected chi connectivity index (χ2v) is 7.65. The molecule has 27 heavy (non-hydrogen) atoms. The smallest absolute Gasteiger partial charge is 0.252 e. The quantitative estimate of drug-likeness (QED) is 0.786. The maximum atomic E-state index is 12.2. The summed E-state index contributed by atoms with van der Waals surface area (Å²) in [6.07, 6.45) is 4.42. The Morgan fingerprint density at radius 2 is 2.04 bits per heavy atom. The van der Waals surface area contributed by atoms with Gasteiger partial charge >= 0.3 is 0 Å². The lowest BCUT2D eigenvalue weighted by Crippen LogP contribution is -2.34. The Labute approximate surface area is 160 Å². The van der Waals surface area contributed by atoms with Crippen LogP contribution in [0, 0.1) is 5.92 Å². The minimum Gasteiger partial charge on any atom is -0.365 e. The molecule has 144 valence electrons. The number of primary amides is 1. The molecule has 0 aliphatic carbocycles. The van der Waals surface area contributed by atoms with Crippen LogP contribution < -0.4 is 11.1 Å². The van der Waals surface area contributed by atoms with Gasteiger partial charge in [0.2, 0.25) is 5.91 Å². The maximum Gasteiger partial charge on any atom is 0.252 e. The topological polar surface area (TPSA) is 90.0 Å². The standard InChI is InChI=1S/C21H28N4O2/c1-14(2)17-6-3-15(4-7-17)5-8-20(26)23-12-16-9-10-25-19(11-16)18(13-24-25)21(22)27/h3-4,6-7,13-14,16H,5,8-12H2,1-2H3,(H2,22,27)(H,23,26)/t16-/m0/s1. The molecule has 0 saturated carbocycles. The number of fused-ring (bicyclic) bond motifs is 1. The highest BCUT2D eigenvalue weighted by Crippen LogP contribution is 2.22. The van der Waals surface area contributed by atoms with E-state index in [0.717, 1.165) is 31.5 Å². The third kappa shape index (κ3) is 4.76. The fourth-order valence-electron chi connectivity index (χ4n) is 3.55. The van der Waals surface area contributed by atoms with Crippen molar-refractivity contribution in [2.75, 3.05) is 6.54 Å². The molecule has 1 atom stereocenters. The maximum absolute atomic E-state index is 12.2. The highest BCUT2D eigenvalue weighted by atomic mass is 16.1. The van der Waals surface area contributed by atoms with E-state index in [0.29, 0.717) is 30.4 Å². The summed E-state index contributed by atoms with van der Waals surface area (Å²) >= 11 is 0. The van der Waals surface area contributed by atoms with Crippen molar-refractivity contribution in [2.24, 2.45) is 11.7 Å². The van der Waals surface area contributed by atoms with Gasteiger partial charge in [-0.05, 0) is 42.2 Å². The number of rotatable bonds is 7. The van der Waals surface area contributed by atoms with Crippen molar-refractivity contribution < 1.29 is 9.59 Å². The van der Waals surface area contributed by atoms with Crippen molar-refractivity contribution in [3.05, 3.63) is 52.8 Å². The molecule has 1 aliphatic rings. The van der Waals surface area contributed by atoms with E-state index < -0.39 is 5.91 Å². The van der Waals surface area contributed by atoms with Gasteiger partial charge in [0.1, 0.15) is 0 Å². The zero-order chi connectivity index (χ0) is 19.4. The van der Waals surface area contributed by atoms with Crippen LogP contribution in [0.3, 0.4) is 0 Å². The molecule has 6 nitrogen and oxygen atoms in total. The zero-order valence-corrected chi connectivity index (χ0v) is 16.1. The summed E-state index contributed by atoms with van der Waals surface area (Å²) in [7, 11) is 0. The molecule has 1 aromatic carbocycles. The van der Waals surface area contributed by atoms with E-state index in [1.54, 1.807) is 6.20 Å². The molecule has 1 aliphatic heterocycles. The van der Waals surface area contributed by atoms with E-state index in [4.69, 9.17) is 5.73 Å². The summed E-state index contributed by atoms with van der Waals surface area (Å²) in [5.41, 5.74) is 9.29. The first-order valence-corrected chi connectivity index (χ1v) is 9.64. The first kappa shape index (κ1) is 19.1. The number of carbonyl (C=O) groups excluding carboxylic acids is 2. The van der Waals surface area contributed by atoms with Gasteiger partial charge in [-0.3, -0.25) is 14.3 Å². The van der Waals surface area contributed by atoms with Crippen LogP contribution in [0.5, 0.6) is 0 Å². The van der Waals surface area contributed by atoms with E-state index in [1.165, 1.54) is 11.1 Å². The van der Waals surface area contributed by atoms with Gasteiger partial charge in [-0.1, -0.05) is 38.1 Å². The second-order valence-electron chi connectivity index (χ2n) is 7.65. The van der Waals surface area contributed by atoms with Crippen LogP contribution in [0.1, 0.15) is 59.8 Å². The van der Waals surface area contributed by atoms with Crippen LogP contribution in [0.4, 0.5) is 0 Å². The SMILES string of the molecule is CC(C)c1ccc(CCC(=O)NC[C@H]2CCn3ncc(C(N)=O)c3C2)cc1. The monoisotopic (exact) mass is 368 g/mol. The Balaban J connectivity index is 1.45. The number of nitrogens with two attached hydrogens (primary N) is 1. The molecule has 3 rings (SSSR count). The van der Waals surface area contributed by atoms with Gasteiger partial charge in [0.25, 0.3) is 5.91 Å². The van der Waals surface area contributed by atoms with Gasteiger partial charge in [0, 0.05) is 19.5 Å². The zero-order valence-electron chi connectivity index (χ0n) is 16.1. The number of aromatic nitrogens is 2. The Bertz CT molecular complexity index is 808. The third-order valence-electron chi connectivity index (χ3n) is 5.32. The molecule has 6 heteroatoms. The summed E-state index contributed by atoms with van der Waals surface area (Å²) in [6.45, 7) is 5.72. The third-order valence-corrected chi connectivity index (χ3v) is 5.32. The largest absolute Gasteiger partial charge is 0.365 e. The first-order valence-electron chi connectivity index (χ1n) is 9.64. The Morgan fingerprint density at radius 1 is 1.30 bits per heavy atom. The van der Waals surface area contributed by atoms with Crippen molar-refractivity contribution in [3.8, 4) is 0 Å². The normalized spacial score (nSPS) is 16.2. The molecule has 0 unspecified atom stereocenters. The lowest BCUT2D eigenvalue weighted by molar-refractivity contribution is -0.121. The number of nitrogens with one attached hydrogen (secondary N) is 1. The van der Waals surface area contributed by atoms with E-state index in [1.807, 2.05) is 4.68 Å². The summed E-state index contributed by atoms with van der Waals surface area (Å²) in [4.78, 5) is 23.7. The number of amides is 2. The van der Waals surface area contributed by atoms with Gasteiger partial charge in [-0.25, -0.2) is 0 Å². The predicted octanol–water partition coefficient (Wildman–Crippen LogP) is 2.42. The molecule has 0 bridgehead atoms. The molecule has 2 aromatic rings. The summed E-state index contributed by atoms with van der Waals surface area (Å²) in [5, 5.41) is 7.26. The number of hydrogen-bond acceptors (Lipinski definition) is 3. The van der Waals surface area contributed by atoms with Crippen molar-refractivity contribution in [1.82, 2.24) is 15.1 Å². The molecule has 2 heterocycles. The molecule has 2 amide bonds. The predicted molar refractivity (Wildman–Crippen MR) is 104 cm³/mol. The highest BCUT2D eigenvalue weighted by Gasteiger charge is 2.24. The minimum absolute atomic E-state index is 0.0668. The van der Waals surface area contributed by atoms with Gasteiger partial charge in [-0.15, -0.1) is 0 Å². The molecule has 1 aromatic heterocycles. The second kappa shape index (κ2) is 8.37. The van der Waals surface area contributed by atoms with E-state index in [-0.39, 0.29) is 5.91 Å². The lowest BCUT2D eigenvalue weighted by Gasteiger charge is -2.24. The number of nitrogens with zero attached hydrogens (tertiary/aromatic N) is 2. The molecular formula is C21H28N4O2. The number of aryl methyl sites for hydroxylation is 2. The number of hydrogen-bond donors (Lipinski definition) is 2. The van der Waals surface area contributed by atoms with Crippen LogP contribution >= 0.6 is 0 Å². The van der Waals surface area contributed by atoms with E-state index >= 15 is 0 Å². The summed E-state index contributed by atoms with van der Waals surface area (Å²) < 4.78 is 1.85. The molecular weight excluding hydrogens is 340 g/mol. The fourth-order valence-corrected chi connectivity index (χ4v) is 3.55. The molecule has 0 fully saturated rings. The fraction of sp³-hybridized carbons (Fsp3) is 0.476. The van der Waals surface area contributed by atoms with Crippen molar-refractivity contribution >= 4 is 11.8 Å². The summed E-state index contributed by atoms with van der Waals surface area (Å²) in [5.74, 6) is 0.451. The van der Waals surface area contributed by atoms with Crippen LogP contribution in [-0.2, 0) is 24.2 Å². The van der Waals surface area contributed by atoms with E-state index in [2.05, 4.69) is 48.5 Å². The average molecular weight is 368 g/mol. The van der Waals surface area contributed by atoms with Gasteiger partial charge < -0.3 is 11.1 Å². The van der Waals surface area contributed by atoms with Crippen LogP contribution in [0.2, 0.25) is 0 Å². The van der Waals surface area contributed by atoms with E-state index in [9.17, 15) is 9.59 Å². The minimum atomic E-state index is -0.440. The average Bonchev–Trinajstić information content (AvgIpc) is 3.08. The van der Waals surface area contributed by atoms with Crippen molar-refractivity contribution in [3.63, 3.8) is 0 Å². The van der Waals surface area contributed by atoms with Gasteiger partial charge in [-0.2, -0.15) is 5.10 Å². The van der Waals surface area contributed by atoms with Crippen molar-refractivity contribution in [2.45, 2.75) is 52.0 Å². The number of carbonyl (C=O) groups is 2. The Hall–Kier alpha value is -2.63. The van der Waals surface area contributed by atoms with Crippen LogP contribution in [-0.4, -0.2) is 28.1 Å². The first-order chi connectivity index (χ1) is 12.9. The summed E-state index contributed by atoms with van der Waals surface area (Å²) in [6, 6.07) is 8.49. The van der Waals surface area contributed by atoms with Crippen molar-refractivity contribution in [1.29, 1.82) is 0 Å². The molecule has 0 saturated heterocycles. The van der Waals surface area contributed by atoms with Gasteiger partial charge in [0.05, 0.1) is 17.5 Å². The highest BCUT2D eigenvalue weighted by molar-refractivity contribution is 5.93. The number of benzene rings is 1. The van der Waals surface area contributed by atoms with Gasteiger partial charge in [0.15, 0.2) is 0 Å². The molecule has 0 radical (unpaired) electrons. The molecule has 3 N–H and O–H groups in total.